The Hall–Kier alpha value is -2.22. The molecule has 0 radical (unpaired) electrons. The number of nitrogens with zero attached hydrogens (tertiary/aromatic N) is 2. The van der Waals surface area contributed by atoms with Crippen molar-refractivity contribution in [2.45, 2.75) is 0 Å². The van der Waals surface area contributed by atoms with Gasteiger partial charge in [-0.3, -0.25) is 0 Å². The van der Waals surface area contributed by atoms with E-state index < -0.39 is 0 Å². The summed E-state index contributed by atoms with van der Waals surface area (Å²) < 4.78 is 5.08. The molecule has 5 nitrogen and oxygen atoms in total. The minimum absolute atomic E-state index is 0.0173. The highest BCUT2D eigenvalue weighted by Crippen LogP contribution is 2.15. The van der Waals surface area contributed by atoms with E-state index in [-0.39, 0.29) is 12.6 Å². The monoisotopic (exact) mass is 219 g/mol. The molecule has 0 atom stereocenters. The molecule has 5 heteroatoms. The van der Waals surface area contributed by atoms with Gasteiger partial charge in [-0.15, -0.1) is 0 Å². The van der Waals surface area contributed by atoms with Crippen molar-refractivity contribution in [1.82, 2.24) is 4.90 Å². The van der Waals surface area contributed by atoms with Crippen molar-refractivity contribution in [2.75, 3.05) is 26.0 Å². The Bertz CT molecular complexity index is 393. The Kier molecular flexibility index (Phi) is 4.16. The number of urea groups is 1. The van der Waals surface area contributed by atoms with Gasteiger partial charge in [0, 0.05) is 19.8 Å². The van der Waals surface area contributed by atoms with Gasteiger partial charge in [-0.05, 0) is 24.3 Å². The predicted octanol–water partition coefficient (Wildman–Crippen LogP) is 1.68. The zero-order valence-corrected chi connectivity index (χ0v) is 9.23. The summed E-state index contributed by atoms with van der Waals surface area (Å²) in [6.07, 6.45) is 0. The summed E-state index contributed by atoms with van der Waals surface area (Å²) in [6.45, 7) is 0.0173. The van der Waals surface area contributed by atoms with Crippen molar-refractivity contribution in [1.29, 1.82) is 5.26 Å². The maximum atomic E-state index is 11.3. The molecule has 16 heavy (non-hydrogen) atoms. The molecular formula is C11H13N3O2. The summed E-state index contributed by atoms with van der Waals surface area (Å²) in [4.78, 5) is 12.8. The molecule has 0 saturated carbocycles. The Morgan fingerprint density at radius 3 is 2.56 bits per heavy atom. The number of benzene rings is 1. The summed E-state index contributed by atoms with van der Waals surface area (Å²) in [5.41, 5.74) is 0.683. The van der Waals surface area contributed by atoms with E-state index in [1.54, 1.807) is 38.4 Å². The first-order chi connectivity index (χ1) is 7.63. The molecule has 0 unspecified atom stereocenters. The van der Waals surface area contributed by atoms with Crippen molar-refractivity contribution < 1.29 is 9.53 Å². The number of hydrogen-bond donors (Lipinski definition) is 1. The van der Waals surface area contributed by atoms with Gasteiger partial charge in [0.15, 0.2) is 6.61 Å². The van der Waals surface area contributed by atoms with Crippen LogP contribution in [0.25, 0.3) is 0 Å². The van der Waals surface area contributed by atoms with Crippen LogP contribution in [0.3, 0.4) is 0 Å². The lowest BCUT2D eigenvalue weighted by molar-refractivity contribution is 0.230. The van der Waals surface area contributed by atoms with Crippen LogP contribution in [0.2, 0.25) is 0 Å². The molecule has 0 aliphatic rings. The van der Waals surface area contributed by atoms with Gasteiger partial charge in [-0.1, -0.05) is 0 Å². The second-order valence-electron chi connectivity index (χ2n) is 3.30. The second kappa shape index (κ2) is 5.61. The topological polar surface area (TPSA) is 65.4 Å². The maximum Gasteiger partial charge on any atom is 0.321 e. The standard InChI is InChI=1S/C11H13N3O2/c1-14(2)11(15)13-9-3-5-10(6-4-9)16-8-7-12/h3-6H,8H2,1-2H3,(H,13,15). The van der Waals surface area contributed by atoms with Crippen LogP contribution in [0.15, 0.2) is 24.3 Å². The molecule has 0 aromatic heterocycles. The van der Waals surface area contributed by atoms with Gasteiger partial charge in [0.25, 0.3) is 0 Å². The van der Waals surface area contributed by atoms with Gasteiger partial charge < -0.3 is 15.0 Å². The minimum Gasteiger partial charge on any atom is -0.479 e. The van der Waals surface area contributed by atoms with Crippen molar-refractivity contribution >= 4 is 11.7 Å². The van der Waals surface area contributed by atoms with E-state index in [4.69, 9.17) is 10.00 Å². The van der Waals surface area contributed by atoms with E-state index in [1.165, 1.54) is 4.90 Å². The first-order valence-corrected chi connectivity index (χ1v) is 4.71. The molecule has 0 saturated heterocycles. The lowest BCUT2D eigenvalue weighted by Gasteiger charge is -2.12. The van der Waals surface area contributed by atoms with Crippen LogP contribution in [0, 0.1) is 11.3 Å². The zero-order valence-electron chi connectivity index (χ0n) is 9.23. The lowest BCUT2D eigenvalue weighted by Crippen LogP contribution is -2.27. The third kappa shape index (κ3) is 3.50. The first kappa shape index (κ1) is 11.9. The summed E-state index contributed by atoms with van der Waals surface area (Å²) in [7, 11) is 3.33. The van der Waals surface area contributed by atoms with Crippen LogP contribution in [0.1, 0.15) is 0 Å². The number of rotatable bonds is 3. The van der Waals surface area contributed by atoms with Gasteiger partial charge in [0.05, 0.1) is 0 Å². The molecule has 1 aromatic carbocycles. The van der Waals surface area contributed by atoms with Crippen LogP contribution in [-0.4, -0.2) is 31.6 Å². The fraction of sp³-hybridized carbons (Fsp3) is 0.273. The van der Waals surface area contributed by atoms with Gasteiger partial charge in [-0.25, -0.2) is 4.79 Å². The molecule has 84 valence electrons. The van der Waals surface area contributed by atoms with Crippen molar-refractivity contribution in [3.05, 3.63) is 24.3 Å². The number of nitriles is 1. The van der Waals surface area contributed by atoms with Gasteiger partial charge in [0.1, 0.15) is 11.8 Å². The van der Waals surface area contributed by atoms with Crippen LogP contribution in [0.5, 0.6) is 5.75 Å². The Morgan fingerprint density at radius 2 is 2.06 bits per heavy atom. The number of nitrogens with one attached hydrogen (secondary N) is 1. The fourth-order valence-corrected chi connectivity index (χ4v) is 0.985. The summed E-state index contributed by atoms with van der Waals surface area (Å²) in [5, 5.41) is 11.0. The van der Waals surface area contributed by atoms with E-state index in [2.05, 4.69) is 5.32 Å². The Labute approximate surface area is 94.2 Å². The molecule has 0 heterocycles. The number of amides is 2. The third-order valence-corrected chi connectivity index (χ3v) is 1.82. The third-order valence-electron chi connectivity index (χ3n) is 1.82. The summed E-state index contributed by atoms with van der Waals surface area (Å²) in [5.74, 6) is 0.601. The summed E-state index contributed by atoms with van der Waals surface area (Å²) >= 11 is 0. The van der Waals surface area contributed by atoms with Gasteiger partial charge >= 0.3 is 6.03 Å². The molecule has 0 aliphatic carbocycles. The average Bonchev–Trinajstić information content (AvgIpc) is 2.28. The van der Waals surface area contributed by atoms with Crippen molar-refractivity contribution in [3.63, 3.8) is 0 Å². The molecule has 0 spiro atoms. The lowest BCUT2D eigenvalue weighted by atomic mass is 10.3. The highest BCUT2D eigenvalue weighted by Gasteiger charge is 2.03. The summed E-state index contributed by atoms with van der Waals surface area (Å²) in [6, 6.07) is 8.52. The molecule has 1 aromatic rings. The number of hydrogen-bond acceptors (Lipinski definition) is 3. The van der Waals surface area contributed by atoms with Crippen molar-refractivity contribution in [3.8, 4) is 11.8 Å². The zero-order chi connectivity index (χ0) is 12.0. The molecule has 1 N–H and O–H groups in total. The van der Waals surface area contributed by atoms with Crippen LogP contribution >= 0.6 is 0 Å². The van der Waals surface area contributed by atoms with E-state index in [9.17, 15) is 4.79 Å². The molecule has 0 fully saturated rings. The fourth-order valence-electron chi connectivity index (χ4n) is 0.985. The average molecular weight is 219 g/mol. The molecule has 2 amide bonds. The Morgan fingerprint density at radius 1 is 1.44 bits per heavy atom. The molecule has 1 rings (SSSR count). The highest BCUT2D eigenvalue weighted by atomic mass is 16.5. The molecular weight excluding hydrogens is 206 g/mol. The van der Waals surface area contributed by atoms with Crippen LogP contribution < -0.4 is 10.1 Å². The van der Waals surface area contributed by atoms with Gasteiger partial charge in [-0.2, -0.15) is 5.26 Å². The van der Waals surface area contributed by atoms with Gasteiger partial charge in [0.2, 0.25) is 0 Å². The first-order valence-electron chi connectivity index (χ1n) is 4.71. The number of carbonyl (C=O) groups is 1. The van der Waals surface area contributed by atoms with E-state index in [1.807, 2.05) is 6.07 Å². The van der Waals surface area contributed by atoms with Crippen LogP contribution in [0.4, 0.5) is 10.5 Å². The largest absolute Gasteiger partial charge is 0.479 e. The quantitative estimate of drug-likeness (QED) is 0.841. The number of carbonyl (C=O) groups excluding carboxylic acids is 1. The number of anilines is 1. The smallest absolute Gasteiger partial charge is 0.321 e. The maximum absolute atomic E-state index is 11.3. The SMILES string of the molecule is CN(C)C(=O)Nc1ccc(OCC#N)cc1. The minimum atomic E-state index is -0.189. The number of ether oxygens (including phenoxy) is 1. The van der Waals surface area contributed by atoms with E-state index >= 15 is 0 Å². The van der Waals surface area contributed by atoms with E-state index in [0.29, 0.717) is 11.4 Å². The van der Waals surface area contributed by atoms with E-state index in [0.717, 1.165) is 0 Å². The molecule has 0 bridgehead atoms. The molecule has 0 aliphatic heterocycles. The second-order valence-corrected chi connectivity index (χ2v) is 3.30. The highest BCUT2D eigenvalue weighted by molar-refractivity contribution is 5.88. The van der Waals surface area contributed by atoms with Crippen LogP contribution in [-0.2, 0) is 0 Å². The normalized spacial score (nSPS) is 9.06. The predicted molar refractivity (Wildman–Crippen MR) is 60.3 cm³/mol. The van der Waals surface area contributed by atoms with Crippen molar-refractivity contribution in [2.24, 2.45) is 0 Å². The Balaban J connectivity index is 2.58.